The maximum atomic E-state index is 15.3. The molecule has 46 heavy (non-hydrogen) atoms. The summed E-state index contributed by atoms with van der Waals surface area (Å²) in [5.74, 6) is -1.28. The third kappa shape index (κ3) is 10.1. The van der Waals surface area contributed by atoms with Gasteiger partial charge in [0.15, 0.2) is 10.9 Å². The molecule has 0 unspecified atom stereocenters. The highest BCUT2D eigenvalue weighted by Crippen LogP contribution is 2.35. The largest absolute Gasteiger partial charge is 0.378 e. The Hall–Kier alpha value is -2.77. The predicted octanol–water partition coefficient (Wildman–Crippen LogP) is 2.01. The number of piperidine rings is 1. The molecule has 1 aromatic carbocycles. The summed E-state index contributed by atoms with van der Waals surface area (Å²) in [5, 5.41) is 7.62. The number of rotatable bonds is 18. The highest BCUT2D eigenvalue weighted by Gasteiger charge is 2.29. The van der Waals surface area contributed by atoms with Gasteiger partial charge in [-0.05, 0) is 57.5 Å². The summed E-state index contributed by atoms with van der Waals surface area (Å²) in [6.45, 7) is 4.68. The van der Waals surface area contributed by atoms with E-state index in [2.05, 4.69) is 20.5 Å². The molecule has 0 bridgehead atoms. The minimum atomic E-state index is -3.91. The zero-order valence-electron chi connectivity index (χ0n) is 26.1. The summed E-state index contributed by atoms with van der Waals surface area (Å²) in [6, 6.07) is 5.98. The van der Waals surface area contributed by atoms with E-state index in [1.165, 1.54) is 16.4 Å². The number of fused-ring (bicyclic) bond motifs is 1. The average molecular weight is 700 g/mol. The summed E-state index contributed by atoms with van der Waals surface area (Å²) >= 11 is 2.21. The number of halogens is 1. The van der Waals surface area contributed by atoms with Gasteiger partial charge in [0.05, 0.1) is 30.2 Å². The van der Waals surface area contributed by atoms with E-state index in [1.807, 2.05) is 19.0 Å². The smallest absolute Gasteiger partial charge is 0.273 e. The van der Waals surface area contributed by atoms with E-state index in [-0.39, 0.29) is 51.4 Å². The molecule has 0 spiro atoms. The van der Waals surface area contributed by atoms with Crippen LogP contribution in [0.2, 0.25) is 0 Å². The van der Waals surface area contributed by atoms with E-state index in [0.717, 1.165) is 22.7 Å². The Balaban J connectivity index is 1.29. The van der Waals surface area contributed by atoms with E-state index < -0.39 is 15.8 Å². The Kier molecular flexibility index (Phi) is 13.6. The lowest BCUT2D eigenvalue weighted by Gasteiger charge is -2.31. The lowest BCUT2D eigenvalue weighted by Crippen LogP contribution is -2.42. The SMILES string of the molecule is CN(C)CCN(c1cc(F)c2nc(NC(=O)C3CCN(CCNC(=O)COCCOCCN)CC3)sc2c1)S(=O)(=O)c1cccs1. The van der Waals surface area contributed by atoms with Crippen molar-refractivity contribution in [2.24, 2.45) is 11.7 Å². The molecule has 3 heterocycles. The number of carbonyl (C=O) groups excluding carboxylic acids is 2. The number of hydrogen-bond donors (Lipinski definition) is 3. The van der Waals surface area contributed by atoms with Gasteiger partial charge in [-0.25, -0.2) is 17.8 Å². The first-order valence-electron chi connectivity index (χ1n) is 15.0. The number of hydrogen-bond acceptors (Lipinski definition) is 12. The normalized spacial score (nSPS) is 14.6. The molecule has 17 heteroatoms. The van der Waals surface area contributed by atoms with Crippen molar-refractivity contribution in [3.63, 3.8) is 0 Å². The van der Waals surface area contributed by atoms with Gasteiger partial charge in [0, 0.05) is 44.7 Å². The number of benzene rings is 1. The molecule has 1 saturated heterocycles. The first kappa shape index (κ1) is 36.1. The molecule has 0 aliphatic carbocycles. The van der Waals surface area contributed by atoms with Crippen molar-refractivity contribution in [2.45, 2.75) is 17.1 Å². The van der Waals surface area contributed by atoms with Crippen LogP contribution < -0.4 is 20.7 Å². The van der Waals surface area contributed by atoms with Crippen molar-refractivity contribution in [1.29, 1.82) is 0 Å². The van der Waals surface area contributed by atoms with Crippen molar-refractivity contribution < 1.29 is 31.9 Å². The molecule has 2 aromatic heterocycles. The fourth-order valence-electron chi connectivity index (χ4n) is 4.87. The molecule has 1 aliphatic rings. The number of sulfonamides is 1. The van der Waals surface area contributed by atoms with Gasteiger partial charge in [-0.1, -0.05) is 17.4 Å². The van der Waals surface area contributed by atoms with Crippen molar-refractivity contribution >= 4 is 65.5 Å². The zero-order chi connectivity index (χ0) is 33.1. The second-order valence-electron chi connectivity index (χ2n) is 11.0. The number of thiophene rings is 1. The van der Waals surface area contributed by atoms with Crippen LogP contribution in [0.5, 0.6) is 0 Å². The molecule has 4 N–H and O–H groups in total. The van der Waals surface area contributed by atoms with Gasteiger partial charge in [-0.2, -0.15) is 0 Å². The number of amides is 2. The van der Waals surface area contributed by atoms with Gasteiger partial charge in [-0.3, -0.25) is 13.9 Å². The van der Waals surface area contributed by atoms with Gasteiger partial charge in [-0.15, -0.1) is 11.3 Å². The topological polar surface area (TPSA) is 159 Å². The van der Waals surface area contributed by atoms with Crippen LogP contribution in [0.3, 0.4) is 0 Å². The van der Waals surface area contributed by atoms with Crippen LogP contribution in [0, 0.1) is 11.7 Å². The molecule has 254 valence electrons. The maximum absolute atomic E-state index is 15.3. The van der Waals surface area contributed by atoms with Crippen LogP contribution in [0.25, 0.3) is 10.2 Å². The monoisotopic (exact) mass is 699 g/mol. The number of nitrogens with one attached hydrogen (secondary N) is 2. The summed E-state index contributed by atoms with van der Waals surface area (Å²) in [7, 11) is -0.232. The van der Waals surface area contributed by atoms with Crippen LogP contribution in [0.15, 0.2) is 33.9 Å². The summed E-state index contributed by atoms with van der Waals surface area (Å²) in [4.78, 5) is 33.4. The highest BCUT2D eigenvalue weighted by atomic mass is 32.2. The quantitative estimate of drug-likeness (QED) is 0.168. The number of carbonyl (C=O) groups is 2. The third-order valence-electron chi connectivity index (χ3n) is 7.32. The summed E-state index contributed by atoms with van der Waals surface area (Å²) < 4.78 is 54.5. The molecule has 13 nitrogen and oxygen atoms in total. The molecule has 0 saturated carbocycles. The van der Waals surface area contributed by atoms with Gasteiger partial charge in [0.25, 0.3) is 10.0 Å². The Labute approximate surface area is 276 Å². The van der Waals surface area contributed by atoms with E-state index in [0.29, 0.717) is 76.6 Å². The molecule has 1 fully saturated rings. The first-order chi connectivity index (χ1) is 22.1. The average Bonchev–Trinajstić information content (AvgIpc) is 3.70. The first-order valence-corrected chi connectivity index (χ1v) is 18.2. The second-order valence-corrected chi connectivity index (χ2v) is 15.1. The zero-order valence-corrected chi connectivity index (χ0v) is 28.5. The van der Waals surface area contributed by atoms with Crippen LogP contribution in [0.1, 0.15) is 12.8 Å². The summed E-state index contributed by atoms with van der Waals surface area (Å²) in [5.41, 5.74) is 5.62. The molecular formula is C29H42FN7O6S3. The van der Waals surface area contributed by atoms with Crippen LogP contribution in [-0.2, 0) is 29.1 Å². The van der Waals surface area contributed by atoms with E-state index >= 15 is 4.39 Å². The predicted molar refractivity (Wildman–Crippen MR) is 178 cm³/mol. The molecule has 4 rings (SSSR count). The minimum absolute atomic E-state index is 0.0336. The number of aromatic nitrogens is 1. The number of likely N-dealkylation sites (tertiary alicyclic amines) is 1. The summed E-state index contributed by atoms with van der Waals surface area (Å²) in [6.07, 6.45) is 1.27. The number of nitrogens with two attached hydrogens (primary N) is 1. The molecule has 3 aromatic rings. The molecule has 1 aliphatic heterocycles. The fraction of sp³-hybridized carbons (Fsp3) is 0.552. The lowest BCUT2D eigenvalue weighted by atomic mass is 9.96. The van der Waals surface area contributed by atoms with Crippen LogP contribution in [0.4, 0.5) is 15.2 Å². The Morgan fingerprint density at radius 1 is 1.15 bits per heavy atom. The number of thiazole rings is 1. The van der Waals surface area contributed by atoms with Crippen molar-refractivity contribution in [3.8, 4) is 0 Å². The standard InChI is InChI=1S/C29H42FN7O6S3/c1-35(2)12-13-37(46(40,41)26-4-3-17-44-26)22-18-23(30)27-24(19-22)45-29(33-27)34-28(39)21-5-9-36(10-6-21)11-8-32-25(38)20-43-16-15-42-14-7-31/h3-4,17-19,21H,5-16,20,31H2,1-2H3,(H,32,38)(H,33,34,39). The van der Waals surface area contributed by atoms with Crippen molar-refractivity contribution in [3.05, 3.63) is 35.5 Å². The number of ether oxygens (including phenoxy) is 2. The third-order valence-corrected chi connectivity index (χ3v) is 11.4. The highest BCUT2D eigenvalue weighted by molar-refractivity contribution is 7.94. The van der Waals surface area contributed by atoms with Gasteiger partial charge < -0.3 is 35.6 Å². The number of anilines is 2. The Morgan fingerprint density at radius 2 is 1.91 bits per heavy atom. The molecule has 2 amide bonds. The maximum Gasteiger partial charge on any atom is 0.273 e. The van der Waals surface area contributed by atoms with Gasteiger partial charge >= 0.3 is 0 Å². The molecule has 0 atom stereocenters. The Morgan fingerprint density at radius 3 is 2.61 bits per heavy atom. The molecule has 0 radical (unpaired) electrons. The van der Waals surface area contributed by atoms with Gasteiger partial charge in [0.2, 0.25) is 11.8 Å². The lowest BCUT2D eigenvalue weighted by molar-refractivity contribution is -0.126. The minimum Gasteiger partial charge on any atom is -0.378 e. The molecular weight excluding hydrogens is 658 g/mol. The van der Waals surface area contributed by atoms with Gasteiger partial charge in [0.1, 0.15) is 16.3 Å². The van der Waals surface area contributed by atoms with Crippen molar-refractivity contribution in [2.75, 3.05) is 96.0 Å². The second kappa shape index (κ2) is 17.4. The number of likely N-dealkylation sites (N-methyl/N-ethyl adjacent to an activating group) is 1. The number of nitrogens with zero attached hydrogens (tertiary/aromatic N) is 4. The van der Waals surface area contributed by atoms with Crippen LogP contribution >= 0.6 is 22.7 Å². The van der Waals surface area contributed by atoms with E-state index in [9.17, 15) is 18.0 Å². The van der Waals surface area contributed by atoms with E-state index in [4.69, 9.17) is 15.2 Å². The van der Waals surface area contributed by atoms with Crippen LogP contribution in [-0.4, -0.2) is 121 Å². The Bertz CT molecular complexity index is 1530. The van der Waals surface area contributed by atoms with E-state index in [1.54, 1.807) is 17.5 Å². The fourth-order valence-corrected chi connectivity index (χ4v) is 8.33. The van der Waals surface area contributed by atoms with Crippen molar-refractivity contribution in [1.82, 2.24) is 20.1 Å².